The van der Waals surface area contributed by atoms with Crippen LogP contribution < -0.4 is 0 Å². The van der Waals surface area contributed by atoms with Crippen molar-refractivity contribution < 1.29 is 47.5 Å². The van der Waals surface area contributed by atoms with E-state index in [-0.39, 0.29) is 18.1 Å². The summed E-state index contributed by atoms with van der Waals surface area (Å²) in [6.07, 6.45) is -1.98. The van der Waals surface area contributed by atoms with Crippen molar-refractivity contribution in [1.82, 2.24) is 4.90 Å². The van der Waals surface area contributed by atoms with Gasteiger partial charge in [-0.3, -0.25) is 0 Å². The van der Waals surface area contributed by atoms with E-state index < -0.39 is 47.9 Å². The molecule has 8 atom stereocenters. The van der Waals surface area contributed by atoms with Crippen LogP contribution in [0.15, 0.2) is 11.3 Å². The summed E-state index contributed by atoms with van der Waals surface area (Å²) in [5.41, 5.74) is -0.728. The van der Waals surface area contributed by atoms with Crippen molar-refractivity contribution in [2.75, 3.05) is 28.3 Å². The second-order valence-electron chi connectivity index (χ2n) is 11.2. The first-order valence-corrected chi connectivity index (χ1v) is 12.9. The molecule has 0 aromatic rings. The Balaban J connectivity index is 2.60. The summed E-state index contributed by atoms with van der Waals surface area (Å²) in [6.45, 7) is 12.3. The highest BCUT2D eigenvalue weighted by Crippen LogP contribution is 2.40. The summed E-state index contributed by atoms with van der Waals surface area (Å²) >= 11 is 0. The minimum atomic E-state index is -1.19. The maximum atomic E-state index is 12.7. The molecule has 0 aromatic heterocycles. The van der Waals surface area contributed by atoms with Gasteiger partial charge < -0.3 is 42.9 Å². The summed E-state index contributed by atoms with van der Waals surface area (Å²) in [5.74, 6) is -2.21. The first-order valence-electron chi connectivity index (χ1n) is 12.9. The van der Waals surface area contributed by atoms with Crippen LogP contribution in [-0.2, 0) is 42.7 Å². The highest BCUT2D eigenvalue weighted by molar-refractivity contribution is 5.89. The Morgan fingerprint density at radius 2 is 1.87 bits per heavy atom. The first-order chi connectivity index (χ1) is 17.6. The van der Waals surface area contributed by atoms with Crippen molar-refractivity contribution in [3.8, 4) is 0 Å². The average Bonchev–Trinajstić information content (AvgIpc) is 2.84. The van der Waals surface area contributed by atoms with Crippen LogP contribution in [-0.4, -0.2) is 93.7 Å². The third-order valence-electron chi connectivity index (χ3n) is 7.20. The van der Waals surface area contributed by atoms with E-state index in [2.05, 4.69) is 0 Å². The van der Waals surface area contributed by atoms with Crippen molar-refractivity contribution >= 4 is 18.4 Å². The Morgan fingerprint density at radius 1 is 1.24 bits per heavy atom. The second-order valence-corrected chi connectivity index (χ2v) is 11.2. The Labute approximate surface area is 226 Å². The number of hydrogen-bond donors (Lipinski definition) is 0. The van der Waals surface area contributed by atoms with Crippen LogP contribution in [0, 0.1) is 11.8 Å². The van der Waals surface area contributed by atoms with Crippen LogP contribution in [0.5, 0.6) is 0 Å². The Hall–Kier alpha value is -2.21. The van der Waals surface area contributed by atoms with Crippen LogP contribution in [0.3, 0.4) is 0 Å². The number of carbonyl (C=O) groups is 3. The average molecular weight is 544 g/mol. The first kappa shape index (κ1) is 32.0. The molecule has 0 aromatic carbocycles. The van der Waals surface area contributed by atoms with Crippen molar-refractivity contribution in [3.05, 3.63) is 11.3 Å². The molecular formula is C27H45NO10. The summed E-state index contributed by atoms with van der Waals surface area (Å²) < 4.78 is 40.8. The molecule has 0 saturated carbocycles. The van der Waals surface area contributed by atoms with Crippen LogP contribution >= 0.6 is 0 Å². The van der Waals surface area contributed by atoms with Gasteiger partial charge in [0.05, 0.1) is 36.5 Å². The predicted octanol–water partition coefficient (Wildman–Crippen LogP) is 3.44. The highest BCUT2D eigenvalue weighted by Gasteiger charge is 2.50. The molecule has 11 nitrogen and oxygen atoms in total. The van der Waals surface area contributed by atoms with E-state index in [0.29, 0.717) is 24.2 Å². The number of rotatable bonds is 11. The standard InChI is InChI=1S/C27H45NO10/c1-15(14-29)13-27(7,33-11)22(17(3)20-18(4)23(30)38-26(5,6)37-20)36-24-21(35-25(31)32-10)19(28(8)9)12-16(2)34-24/h14-17,19,21-22,24H,12-13H2,1-11H3/t15-,16?,17+,19?,21?,22-,24?,27-/m1/s1. The van der Waals surface area contributed by atoms with Gasteiger partial charge in [-0.15, -0.1) is 0 Å². The molecule has 0 N–H and O–H groups in total. The van der Waals surface area contributed by atoms with Gasteiger partial charge in [0, 0.05) is 32.8 Å². The van der Waals surface area contributed by atoms with E-state index >= 15 is 0 Å². The van der Waals surface area contributed by atoms with Crippen molar-refractivity contribution in [2.45, 2.75) is 103 Å². The smallest absolute Gasteiger partial charge is 0.456 e. The Morgan fingerprint density at radius 3 is 2.39 bits per heavy atom. The minimum Gasteiger partial charge on any atom is -0.456 e. The molecule has 0 amide bonds. The quantitative estimate of drug-likeness (QED) is 0.282. The fourth-order valence-electron chi connectivity index (χ4n) is 5.20. The third kappa shape index (κ3) is 7.46. The maximum Gasteiger partial charge on any atom is 0.508 e. The minimum absolute atomic E-state index is 0.218. The van der Waals surface area contributed by atoms with Gasteiger partial charge in [0.25, 0.3) is 0 Å². The number of carbonyl (C=O) groups excluding carboxylic acids is 3. The number of likely N-dealkylation sites (N-methyl/N-ethyl adjacent to an activating group) is 1. The molecule has 1 fully saturated rings. The zero-order valence-electron chi connectivity index (χ0n) is 24.6. The summed E-state index contributed by atoms with van der Waals surface area (Å²) in [5, 5.41) is 0. The predicted molar refractivity (Wildman–Crippen MR) is 137 cm³/mol. The van der Waals surface area contributed by atoms with Gasteiger partial charge in [-0.25, -0.2) is 9.59 Å². The van der Waals surface area contributed by atoms with E-state index in [9.17, 15) is 14.4 Å². The number of hydrogen-bond acceptors (Lipinski definition) is 11. The molecule has 0 bridgehead atoms. The lowest BCUT2D eigenvalue weighted by Gasteiger charge is -2.48. The fourth-order valence-corrected chi connectivity index (χ4v) is 5.20. The summed E-state index contributed by atoms with van der Waals surface area (Å²) in [4.78, 5) is 38.5. The van der Waals surface area contributed by atoms with E-state index in [1.54, 1.807) is 27.7 Å². The summed E-state index contributed by atoms with van der Waals surface area (Å²) in [7, 11) is 6.54. The molecule has 2 aliphatic heterocycles. The molecule has 0 aliphatic carbocycles. The van der Waals surface area contributed by atoms with E-state index in [4.69, 9.17) is 33.2 Å². The van der Waals surface area contributed by atoms with Gasteiger partial charge in [-0.2, -0.15) is 0 Å². The number of cyclic esters (lactones) is 1. The van der Waals surface area contributed by atoms with Gasteiger partial charge >= 0.3 is 12.1 Å². The van der Waals surface area contributed by atoms with E-state index in [1.807, 2.05) is 39.8 Å². The molecular weight excluding hydrogens is 498 g/mol. The van der Waals surface area contributed by atoms with E-state index in [0.717, 1.165) is 6.29 Å². The number of ether oxygens (including phenoxy) is 7. The largest absolute Gasteiger partial charge is 0.508 e. The normalized spacial score (nSPS) is 29.4. The number of nitrogens with zero attached hydrogens (tertiary/aromatic N) is 1. The van der Waals surface area contributed by atoms with Gasteiger partial charge in [-0.05, 0) is 47.7 Å². The monoisotopic (exact) mass is 543 g/mol. The maximum absolute atomic E-state index is 12.7. The number of aldehydes is 1. The Kier molecular flexibility index (Phi) is 10.7. The zero-order valence-corrected chi connectivity index (χ0v) is 24.6. The van der Waals surface area contributed by atoms with Gasteiger partial charge in [0.2, 0.25) is 5.79 Å². The van der Waals surface area contributed by atoms with Crippen LogP contribution in [0.1, 0.15) is 61.3 Å². The lowest BCUT2D eigenvalue weighted by atomic mass is 9.80. The molecule has 2 aliphatic rings. The van der Waals surface area contributed by atoms with Crippen LogP contribution in [0.25, 0.3) is 0 Å². The molecule has 11 heteroatoms. The molecule has 2 heterocycles. The van der Waals surface area contributed by atoms with Crippen LogP contribution in [0.4, 0.5) is 4.79 Å². The SMILES string of the molecule is COC(=O)OC1C(O[C@H]([C@@H](C)C2=C(C)C(=O)OC(C)(C)O2)[C@@](C)(C[C@@H](C)C=O)OC)OC(C)CC1N(C)C. The topological polar surface area (TPSA) is 119 Å². The molecule has 1 saturated heterocycles. The lowest BCUT2D eigenvalue weighted by Crippen LogP contribution is -2.59. The van der Waals surface area contributed by atoms with Gasteiger partial charge in [-0.1, -0.05) is 13.8 Å². The van der Waals surface area contributed by atoms with Gasteiger partial charge in [0.15, 0.2) is 12.4 Å². The molecule has 2 rings (SSSR count). The summed E-state index contributed by atoms with van der Waals surface area (Å²) in [6, 6.07) is -0.234. The van der Waals surface area contributed by atoms with Crippen LogP contribution in [0.2, 0.25) is 0 Å². The lowest BCUT2D eigenvalue weighted by molar-refractivity contribution is -0.299. The zero-order chi connectivity index (χ0) is 29.0. The Bertz CT molecular complexity index is 887. The van der Waals surface area contributed by atoms with Gasteiger partial charge in [0.1, 0.15) is 12.0 Å². The molecule has 0 radical (unpaired) electrons. The molecule has 218 valence electrons. The molecule has 0 spiro atoms. The third-order valence-corrected chi connectivity index (χ3v) is 7.20. The fraction of sp³-hybridized carbons (Fsp3) is 0.815. The second kappa shape index (κ2) is 12.8. The van der Waals surface area contributed by atoms with Crippen molar-refractivity contribution in [2.24, 2.45) is 11.8 Å². The highest BCUT2D eigenvalue weighted by atomic mass is 16.8. The van der Waals surface area contributed by atoms with Crippen molar-refractivity contribution in [1.29, 1.82) is 0 Å². The van der Waals surface area contributed by atoms with Crippen molar-refractivity contribution in [3.63, 3.8) is 0 Å². The number of methoxy groups -OCH3 is 2. The van der Waals surface area contributed by atoms with E-state index in [1.165, 1.54) is 14.2 Å². The molecule has 4 unspecified atom stereocenters. The number of esters is 1. The molecule has 38 heavy (non-hydrogen) atoms.